The van der Waals surface area contributed by atoms with Crippen molar-refractivity contribution in [1.29, 1.82) is 0 Å². The van der Waals surface area contributed by atoms with Gasteiger partial charge in [0.25, 0.3) is 5.91 Å². The molecule has 1 aliphatic rings. The second-order valence-electron chi connectivity index (χ2n) is 7.32. The van der Waals surface area contributed by atoms with Gasteiger partial charge in [-0.3, -0.25) is 9.59 Å². The van der Waals surface area contributed by atoms with E-state index >= 15 is 0 Å². The first-order chi connectivity index (χ1) is 13.4. The number of hydrogen-bond acceptors (Lipinski definition) is 4. The highest BCUT2D eigenvalue weighted by Gasteiger charge is 2.35. The standard InChI is InChI=1S/C21H23N5O2/c1-13-12-16(20(27)25(4)17-10-11-24(3)21(17)28)22-19-18(14(2)23-26(13)19)15-8-6-5-7-9-15/h5-9,12,17H,10-11H2,1-4H3. The van der Waals surface area contributed by atoms with Gasteiger partial charge in [-0.2, -0.15) is 5.10 Å². The van der Waals surface area contributed by atoms with Crippen LogP contribution in [0.2, 0.25) is 0 Å². The molecular formula is C21H23N5O2. The molecule has 1 aliphatic heterocycles. The molecule has 2 amide bonds. The number of aryl methyl sites for hydroxylation is 2. The van der Waals surface area contributed by atoms with Crippen LogP contribution in [-0.4, -0.2) is 62.9 Å². The maximum Gasteiger partial charge on any atom is 0.273 e. The largest absolute Gasteiger partial charge is 0.344 e. The van der Waals surface area contributed by atoms with Crippen LogP contribution in [0, 0.1) is 13.8 Å². The predicted octanol–water partition coefficient (Wildman–Crippen LogP) is 2.32. The zero-order valence-electron chi connectivity index (χ0n) is 16.5. The normalized spacial score (nSPS) is 16.8. The Labute approximate surface area is 163 Å². The third kappa shape index (κ3) is 2.83. The van der Waals surface area contributed by atoms with Gasteiger partial charge in [0.2, 0.25) is 5.91 Å². The van der Waals surface area contributed by atoms with Crippen molar-refractivity contribution in [1.82, 2.24) is 24.4 Å². The van der Waals surface area contributed by atoms with Gasteiger partial charge >= 0.3 is 0 Å². The Morgan fingerprint density at radius 2 is 1.93 bits per heavy atom. The summed E-state index contributed by atoms with van der Waals surface area (Å²) < 4.78 is 1.77. The molecule has 28 heavy (non-hydrogen) atoms. The molecule has 2 aromatic heterocycles. The van der Waals surface area contributed by atoms with Crippen LogP contribution in [0.25, 0.3) is 16.8 Å². The minimum Gasteiger partial charge on any atom is -0.344 e. The van der Waals surface area contributed by atoms with Gasteiger partial charge in [-0.05, 0) is 31.9 Å². The Hall–Kier alpha value is -3.22. The summed E-state index contributed by atoms with van der Waals surface area (Å²) in [7, 11) is 3.43. The summed E-state index contributed by atoms with van der Waals surface area (Å²) in [6, 6.07) is 11.2. The number of hydrogen-bond donors (Lipinski definition) is 0. The van der Waals surface area contributed by atoms with Gasteiger partial charge in [-0.15, -0.1) is 0 Å². The van der Waals surface area contributed by atoms with Crippen LogP contribution in [0.1, 0.15) is 28.3 Å². The lowest BCUT2D eigenvalue weighted by molar-refractivity contribution is -0.130. The van der Waals surface area contributed by atoms with E-state index < -0.39 is 6.04 Å². The highest BCUT2D eigenvalue weighted by molar-refractivity contribution is 5.97. The molecule has 4 rings (SSSR count). The van der Waals surface area contributed by atoms with Crippen molar-refractivity contribution < 1.29 is 9.59 Å². The van der Waals surface area contributed by atoms with E-state index in [0.717, 1.165) is 22.5 Å². The van der Waals surface area contributed by atoms with E-state index in [2.05, 4.69) is 10.1 Å². The molecule has 1 atom stereocenters. The first-order valence-corrected chi connectivity index (χ1v) is 9.33. The van der Waals surface area contributed by atoms with Crippen molar-refractivity contribution in [3.63, 3.8) is 0 Å². The van der Waals surface area contributed by atoms with Gasteiger partial charge < -0.3 is 9.80 Å². The quantitative estimate of drug-likeness (QED) is 0.702. The Bertz CT molecular complexity index is 1070. The number of fused-ring (bicyclic) bond motifs is 1. The fraction of sp³-hybridized carbons (Fsp3) is 0.333. The monoisotopic (exact) mass is 377 g/mol. The molecule has 1 aromatic carbocycles. The zero-order chi connectivity index (χ0) is 20.0. The van der Waals surface area contributed by atoms with Crippen LogP contribution in [-0.2, 0) is 4.79 Å². The summed E-state index contributed by atoms with van der Waals surface area (Å²) in [4.78, 5) is 33.2. The molecule has 3 aromatic rings. The molecule has 0 bridgehead atoms. The molecule has 0 radical (unpaired) electrons. The van der Waals surface area contributed by atoms with Crippen LogP contribution in [0.3, 0.4) is 0 Å². The Morgan fingerprint density at radius 3 is 2.57 bits per heavy atom. The molecule has 144 valence electrons. The molecule has 1 unspecified atom stereocenters. The van der Waals surface area contributed by atoms with Crippen molar-refractivity contribution in [2.45, 2.75) is 26.3 Å². The van der Waals surface area contributed by atoms with Gasteiger partial charge in [-0.25, -0.2) is 9.50 Å². The number of nitrogens with zero attached hydrogens (tertiary/aromatic N) is 5. The summed E-state index contributed by atoms with van der Waals surface area (Å²) >= 11 is 0. The van der Waals surface area contributed by atoms with Gasteiger partial charge in [0, 0.05) is 31.9 Å². The van der Waals surface area contributed by atoms with E-state index in [4.69, 9.17) is 0 Å². The molecule has 1 saturated heterocycles. The van der Waals surface area contributed by atoms with Gasteiger partial charge in [0.1, 0.15) is 11.7 Å². The topological polar surface area (TPSA) is 70.8 Å². The summed E-state index contributed by atoms with van der Waals surface area (Å²) in [5, 5.41) is 4.60. The molecule has 0 N–H and O–H groups in total. The first-order valence-electron chi connectivity index (χ1n) is 9.33. The average molecular weight is 377 g/mol. The summed E-state index contributed by atoms with van der Waals surface area (Å²) in [6.45, 7) is 4.50. The van der Waals surface area contributed by atoms with Crippen molar-refractivity contribution >= 4 is 17.5 Å². The minimum atomic E-state index is -0.434. The summed E-state index contributed by atoms with van der Waals surface area (Å²) in [5.74, 6) is -0.282. The Balaban J connectivity index is 1.78. The van der Waals surface area contributed by atoms with Crippen molar-refractivity contribution in [2.24, 2.45) is 0 Å². The van der Waals surface area contributed by atoms with E-state index in [0.29, 0.717) is 24.3 Å². The summed E-state index contributed by atoms with van der Waals surface area (Å²) in [5.41, 5.74) is 4.57. The molecule has 1 fully saturated rings. The third-order valence-corrected chi connectivity index (χ3v) is 5.41. The first kappa shape index (κ1) is 18.2. The summed E-state index contributed by atoms with van der Waals surface area (Å²) in [6.07, 6.45) is 0.639. The van der Waals surface area contributed by atoms with Crippen LogP contribution in [0.4, 0.5) is 0 Å². The number of aromatic nitrogens is 3. The molecular weight excluding hydrogens is 354 g/mol. The van der Waals surface area contributed by atoms with Gasteiger partial charge in [-0.1, -0.05) is 30.3 Å². The number of likely N-dealkylation sites (tertiary alicyclic amines) is 1. The van der Waals surface area contributed by atoms with Crippen LogP contribution in [0.5, 0.6) is 0 Å². The number of amides is 2. The lowest BCUT2D eigenvalue weighted by atomic mass is 10.1. The van der Waals surface area contributed by atoms with E-state index in [1.165, 1.54) is 4.90 Å². The van der Waals surface area contributed by atoms with E-state index in [-0.39, 0.29) is 11.8 Å². The lowest BCUT2D eigenvalue weighted by Crippen LogP contribution is -2.42. The molecule has 0 spiro atoms. The van der Waals surface area contributed by atoms with Crippen molar-refractivity contribution in [3.8, 4) is 11.1 Å². The zero-order valence-corrected chi connectivity index (χ0v) is 16.5. The van der Waals surface area contributed by atoms with Gasteiger partial charge in [0.05, 0.1) is 5.69 Å². The Morgan fingerprint density at radius 1 is 1.21 bits per heavy atom. The average Bonchev–Trinajstić information content (AvgIpc) is 3.20. The maximum atomic E-state index is 13.1. The second-order valence-corrected chi connectivity index (χ2v) is 7.32. The number of rotatable bonds is 3. The third-order valence-electron chi connectivity index (χ3n) is 5.41. The Kier molecular flexibility index (Phi) is 4.37. The van der Waals surface area contributed by atoms with E-state index in [1.54, 1.807) is 29.6 Å². The highest BCUT2D eigenvalue weighted by atomic mass is 16.2. The smallest absolute Gasteiger partial charge is 0.273 e. The molecule has 0 saturated carbocycles. The van der Waals surface area contributed by atoms with Crippen molar-refractivity contribution in [3.05, 3.63) is 53.5 Å². The fourth-order valence-corrected chi connectivity index (χ4v) is 3.81. The van der Waals surface area contributed by atoms with E-state index in [1.807, 2.05) is 44.2 Å². The highest BCUT2D eigenvalue weighted by Crippen LogP contribution is 2.28. The fourth-order valence-electron chi connectivity index (χ4n) is 3.81. The second kappa shape index (κ2) is 6.74. The van der Waals surface area contributed by atoms with E-state index in [9.17, 15) is 9.59 Å². The number of carbonyl (C=O) groups excluding carboxylic acids is 2. The number of carbonyl (C=O) groups is 2. The maximum absolute atomic E-state index is 13.1. The molecule has 3 heterocycles. The van der Waals surface area contributed by atoms with Gasteiger partial charge in [0.15, 0.2) is 5.65 Å². The molecule has 7 nitrogen and oxygen atoms in total. The number of likely N-dealkylation sites (N-methyl/N-ethyl adjacent to an activating group) is 2. The molecule has 7 heteroatoms. The predicted molar refractivity (Wildman–Crippen MR) is 106 cm³/mol. The lowest BCUT2D eigenvalue weighted by Gasteiger charge is -2.23. The van der Waals surface area contributed by atoms with Crippen LogP contribution < -0.4 is 0 Å². The van der Waals surface area contributed by atoms with Crippen molar-refractivity contribution in [2.75, 3.05) is 20.6 Å². The van der Waals surface area contributed by atoms with Crippen LogP contribution >= 0.6 is 0 Å². The van der Waals surface area contributed by atoms with Crippen LogP contribution in [0.15, 0.2) is 36.4 Å². The number of benzene rings is 1. The molecule has 0 aliphatic carbocycles. The SMILES string of the molecule is Cc1nn2c(C)cc(C(=O)N(C)C3CCN(C)C3=O)nc2c1-c1ccccc1. The minimum absolute atomic E-state index is 0.0289.